The lowest BCUT2D eigenvalue weighted by Crippen LogP contribution is -2.06. The Labute approximate surface area is 62.9 Å². The largest absolute Gasteiger partial charge is 0.389 e. The van der Waals surface area contributed by atoms with E-state index in [0.717, 1.165) is 19.3 Å². The molecule has 0 aromatic rings. The third-order valence-corrected chi connectivity index (χ3v) is 2.19. The first kappa shape index (κ1) is 6.55. The van der Waals surface area contributed by atoms with Crippen molar-refractivity contribution >= 4 is 22.6 Å². The number of allylic oxidation sites excluding steroid dienone is 1. The van der Waals surface area contributed by atoms with E-state index in [1.807, 2.05) is 6.08 Å². The van der Waals surface area contributed by atoms with Crippen molar-refractivity contribution in [1.29, 1.82) is 0 Å². The lowest BCUT2D eigenvalue weighted by molar-refractivity contribution is 0.204. The van der Waals surface area contributed by atoms with Crippen LogP contribution in [-0.4, -0.2) is 11.2 Å². The zero-order valence-electron chi connectivity index (χ0n) is 4.60. The molecule has 1 nitrogen and oxygen atoms in total. The Morgan fingerprint density at radius 1 is 1.75 bits per heavy atom. The fraction of sp³-hybridized carbons (Fsp3) is 0.667. The zero-order valence-corrected chi connectivity index (χ0v) is 6.76. The molecule has 0 fully saturated rings. The summed E-state index contributed by atoms with van der Waals surface area (Å²) in [5.41, 5.74) is 0. The van der Waals surface area contributed by atoms with Crippen molar-refractivity contribution in [3.63, 3.8) is 0 Å². The van der Waals surface area contributed by atoms with Crippen molar-refractivity contribution in [2.24, 2.45) is 0 Å². The van der Waals surface area contributed by atoms with Crippen LogP contribution in [0.25, 0.3) is 0 Å². The van der Waals surface area contributed by atoms with E-state index in [0.29, 0.717) is 0 Å². The van der Waals surface area contributed by atoms with Gasteiger partial charge in [-0.2, -0.15) is 0 Å². The molecule has 2 heteroatoms. The van der Waals surface area contributed by atoms with Crippen molar-refractivity contribution in [2.75, 3.05) is 0 Å². The average Bonchev–Trinajstić information content (AvgIpc) is 1.64. The van der Waals surface area contributed by atoms with Gasteiger partial charge in [0.2, 0.25) is 0 Å². The highest BCUT2D eigenvalue weighted by atomic mass is 127. The van der Waals surface area contributed by atoms with Crippen molar-refractivity contribution in [1.82, 2.24) is 0 Å². The van der Waals surface area contributed by atoms with Crippen LogP contribution in [0.4, 0.5) is 0 Å². The van der Waals surface area contributed by atoms with Gasteiger partial charge in [-0.1, -0.05) is 0 Å². The second-order valence-electron chi connectivity index (χ2n) is 2.07. The summed E-state index contributed by atoms with van der Waals surface area (Å²) in [5, 5.41) is 9.00. The fourth-order valence-electron chi connectivity index (χ4n) is 0.855. The molecule has 1 rings (SSSR count). The van der Waals surface area contributed by atoms with Gasteiger partial charge < -0.3 is 5.11 Å². The molecule has 0 saturated carbocycles. The minimum Gasteiger partial charge on any atom is -0.389 e. The molecule has 46 valence electrons. The van der Waals surface area contributed by atoms with E-state index in [1.54, 1.807) is 0 Å². The predicted octanol–water partition coefficient (Wildman–Crippen LogP) is 1.85. The molecule has 1 atom stereocenters. The molecular formula is C6H9IO. The molecule has 0 amide bonds. The summed E-state index contributed by atoms with van der Waals surface area (Å²) in [6.45, 7) is 0. The van der Waals surface area contributed by atoms with E-state index in [-0.39, 0.29) is 6.10 Å². The second kappa shape index (κ2) is 2.82. The molecule has 8 heavy (non-hydrogen) atoms. The molecule has 0 heterocycles. The maximum absolute atomic E-state index is 9.00. The highest BCUT2D eigenvalue weighted by Gasteiger charge is 2.06. The van der Waals surface area contributed by atoms with Crippen molar-refractivity contribution in [2.45, 2.75) is 25.4 Å². The minimum atomic E-state index is -0.157. The Kier molecular flexibility index (Phi) is 2.31. The minimum absolute atomic E-state index is 0.157. The Balaban J connectivity index is 2.50. The van der Waals surface area contributed by atoms with Gasteiger partial charge in [0.05, 0.1) is 6.10 Å². The van der Waals surface area contributed by atoms with Crippen LogP contribution in [0.5, 0.6) is 0 Å². The van der Waals surface area contributed by atoms with E-state index in [1.165, 1.54) is 3.58 Å². The lowest BCUT2D eigenvalue weighted by atomic mass is 10.1. The molecule has 1 aliphatic rings. The Hall–Kier alpha value is 0.430. The summed E-state index contributed by atoms with van der Waals surface area (Å²) in [5.74, 6) is 0. The van der Waals surface area contributed by atoms with E-state index < -0.39 is 0 Å². The van der Waals surface area contributed by atoms with Crippen molar-refractivity contribution in [3.05, 3.63) is 9.66 Å². The zero-order chi connectivity index (χ0) is 5.98. The van der Waals surface area contributed by atoms with E-state index >= 15 is 0 Å². The van der Waals surface area contributed by atoms with Crippen LogP contribution in [0, 0.1) is 0 Å². The molecule has 0 aromatic heterocycles. The van der Waals surface area contributed by atoms with Gasteiger partial charge in [0.25, 0.3) is 0 Å². The third-order valence-electron chi connectivity index (χ3n) is 1.29. The molecule has 0 aromatic carbocycles. The highest BCUT2D eigenvalue weighted by Crippen LogP contribution is 2.22. The molecule has 1 N–H and O–H groups in total. The summed E-state index contributed by atoms with van der Waals surface area (Å²) in [7, 11) is 0. The molecule has 0 unspecified atom stereocenters. The summed E-state index contributed by atoms with van der Waals surface area (Å²) in [6, 6.07) is 0. The summed E-state index contributed by atoms with van der Waals surface area (Å²) in [4.78, 5) is 0. The van der Waals surface area contributed by atoms with Gasteiger partial charge in [-0.15, -0.1) is 0 Å². The maximum Gasteiger partial charge on any atom is 0.0731 e. The van der Waals surface area contributed by atoms with Crippen LogP contribution in [0.3, 0.4) is 0 Å². The summed E-state index contributed by atoms with van der Waals surface area (Å²) in [6.07, 6.45) is 5.04. The summed E-state index contributed by atoms with van der Waals surface area (Å²) >= 11 is 2.27. The molecular weight excluding hydrogens is 215 g/mol. The monoisotopic (exact) mass is 224 g/mol. The van der Waals surface area contributed by atoms with Gasteiger partial charge in [0.1, 0.15) is 0 Å². The number of halogens is 1. The molecule has 0 aliphatic heterocycles. The number of rotatable bonds is 0. The van der Waals surface area contributed by atoms with Gasteiger partial charge >= 0.3 is 0 Å². The molecule has 0 radical (unpaired) electrons. The molecule has 1 aliphatic carbocycles. The Morgan fingerprint density at radius 3 is 2.88 bits per heavy atom. The Morgan fingerprint density at radius 2 is 2.50 bits per heavy atom. The second-order valence-corrected chi connectivity index (χ2v) is 3.46. The van der Waals surface area contributed by atoms with E-state index in [4.69, 9.17) is 5.11 Å². The SMILES string of the molecule is O[C@H]1C=C(I)CCC1. The first-order chi connectivity index (χ1) is 3.79. The predicted molar refractivity (Wildman–Crippen MR) is 42.0 cm³/mol. The molecule has 0 bridgehead atoms. The van der Waals surface area contributed by atoms with Gasteiger partial charge in [-0.05, 0) is 51.5 Å². The average molecular weight is 224 g/mol. The topological polar surface area (TPSA) is 20.2 Å². The standard InChI is InChI=1S/C6H9IO/c7-5-2-1-3-6(8)4-5/h4,6,8H,1-3H2/t6-/m1/s1. The van der Waals surface area contributed by atoms with Crippen LogP contribution in [-0.2, 0) is 0 Å². The highest BCUT2D eigenvalue weighted by molar-refractivity contribution is 14.1. The number of aliphatic hydroxyl groups is 1. The van der Waals surface area contributed by atoms with Gasteiger partial charge in [0.15, 0.2) is 0 Å². The van der Waals surface area contributed by atoms with Crippen molar-refractivity contribution in [3.8, 4) is 0 Å². The summed E-state index contributed by atoms with van der Waals surface area (Å²) < 4.78 is 1.31. The van der Waals surface area contributed by atoms with Gasteiger partial charge in [-0.25, -0.2) is 0 Å². The first-order valence-electron chi connectivity index (χ1n) is 2.83. The van der Waals surface area contributed by atoms with Crippen LogP contribution in [0.1, 0.15) is 19.3 Å². The first-order valence-corrected chi connectivity index (χ1v) is 3.91. The van der Waals surface area contributed by atoms with Crippen molar-refractivity contribution < 1.29 is 5.11 Å². The normalized spacial score (nSPS) is 29.8. The smallest absolute Gasteiger partial charge is 0.0731 e. The maximum atomic E-state index is 9.00. The Bertz CT molecular complexity index is 109. The van der Waals surface area contributed by atoms with Crippen LogP contribution in [0.2, 0.25) is 0 Å². The number of hydrogen-bond acceptors (Lipinski definition) is 1. The fourth-order valence-corrected chi connectivity index (χ4v) is 1.65. The third kappa shape index (κ3) is 1.74. The quantitative estimate of drug-likeness (QED) is 0.622. The van der Waals surface area contributed by atoms with Crippen LogP contribution >= 0.6 is 22.6 Å². The van der Waals surface area contributed by atoms with Gasteiger partial charge in [-0.3, -0.25) is 0 Å². The molecule has 0 spiro atoms. The van der Waals surface area contributed by atoms with Crippen LogP contribution < -0.4 is 0 Å². The number of aliphatic hydroxyl groups excluding tert-OH is 1. The molecule has 0 saturated heterocycles. The lowest BCUT2D eigenvalue weighted by Gasteiger charge is -2.11. The van der Waals surface area contributed by atoms with Crippen LogP contribution in [0.15, 0.2) is 9.66 Å². The number of hydrogen-bond donors (Lipinski definition) is 1. The van der Waals surface area contributed by atoms with E-state index in [9.17, 15) is 0 Å². The van der Waals surface area contributed by atoms with E-state index in [2.05, 4.69) is 22.6 Å². The van der Waals surface area contributed by atoms with Gasteiger partial charge in [0, 0.05) is 0 Å².